The van der Waals surface area contributed by atoms with Crippen molar-refractivity contribution >= 4 is 29.8 Å². The first kappa shape index (κ1) is 21.5. The van der Waals surface area contributed by atoms with E-state index in [9.17, 15) is 5.11 Å². The highest BCUT2D eigenvalue weighted by Crippen LogP contribution is 2.54. The van der Waals surface area contributed by atoms with Crippen LogP contribution in [-0.4, -0.2) is 22.9 Å². The Balaban J connectivity index is 1.77. The van der Waals surface area contributed by atoms with E-state index in [2.05, 4.69) is 60.7 Å². The Morgan fingerprint density at radius 1 is 0.818 bits per heavy atom. The number of hydrogen-bond donors (Lipinski definition) is 1. The first-order valence-electron chi connectivity index (χ1n) is 11.3. The van der Waals surface area contributed by atoms with Crippen molar-refractivity contribution in [3.05, 3.63) is 102 Å². The molecule has 5 rings (SSSR count). The molecule has 0 aliphatic heterocycles. The van der Waals surface area contributed by atoms with Gasteiger partial charge in [0.1, 0.15) is 11.5 Å². The number of aromatic hydroxyl groups is 1. The highest BCUT2D eigenvalue weighted by Gasteiger charge is 2.26. The number of fused-ring (bicyclic) bond motifs is 2. The SMILES string of the molecule is CCN(CC)P(Oc1ccc2ccccc2c1-c1c(O)ccc2ccccc12)C1=C=CC=C1. The predicted molar refractivity (Wildman–Crippen MR) is 140 cm³/mol. The van der Waals surface area contributed by atoms with Crippen LogP contribution < -0.4 is 4.52 Å². The second kappa shape index (κ2) is 9.25. The van der Waals surface area contributed by atoms with Crippen LogP contribution in [0.15, 0.2) is 102 Å². The lowest BCUT2D eigenvalue weighted by Crippen LogP contribution is -2.20. The molecule has 0 radical (unpaired) electrons. The fourth-order valence-corrected chi connectivity index (χ4v) is 6.15. The van der Waals surface area contributed by atoms with Crippen LogP contribution in [0.1, 0.15) is 13.8 Å². The van der Waals surface area contributed by atoms with Gasteiger partial charge < -0.3 is 9.63 Å². The average Bonchev–Trinajstić information content (AvgIpc) is 3.39. The number of nitrogens with zero attached hydrogens (tertiary/aromatic N) is 1. The molecule has 3 nitrogen and oxygen atoms in total. The minimum Gasteiger partial charge on any atom is -0.507 e. The molecule has 0 bridgehead atoms. The standard InChI is InChI=1S/C29H26NO2P/c1-3-30(4-2)33(23-13-7-8-14-23)32-27-20-18-22-12-6-10-16-25(22)29(27)28-24-15-9-5-11-21(24)17-19-26(28)31/h5-13,15-20,31H,3-4H2,1-2H3. The van der Waals surface area contributed by atoms with Crippen LogP contribution in [0.3, 0.4) is 0 Å². The maximum atomic E-state index is 11.1. The van der Waals surface area contributed by atoms with Gasteiger partial charge in [-0.3, -0.25) is 0 Å². The van der Waals surface area contributed by atoms with E-state index in [1.165, 1.54) is 0 Å². The van der Waals surface area contributed by atoms with Gasteiger partial charge in [0, 0.05) is 24.2 Å². The Hall–Kier alpha value is -3.35. The number of hydrogen-bond acceptors (Lipinski definition) is 3. The molecule has 1 aliphatic rings. The van der Waals surface area contributed by atoms with Gasteiger partial charge in [-0.05, 0) is 45.8 Å². The molecule has 0 amide bonds. The molecular formula is C29H26NO2P. The van der Waals surface area contributed by atoms with Gasteiger partial charge in [-0.15, -0.1) is 5.73 Å². The summed E-state index contributed by atoms with van der Waals surface area (Å²) in [7, 11) is -1.08. The van der Waals surface area contributed by atoms with Crippen LogP contribution >= 0.6 is 8.30 Å². The molecule has 0 saturated carbocycles. The molecule has 1 unspecified atom stereocenters. The summed E-state index contributed by atoms with van der Waals surface area (Å²) in [4.78, 5) is 0. The predicted octanol–water partition coefficient (Wildman–Crippen LogP) is 8.01. The van der Waals surface area contributed by atoms with Crippen LogP contribution in [0.2, 0.25) is 0 Å². The molecule has 0 aromatic heterocycles. The largest absolute Gasteiger partial charge is 0.507 e. The minimum atomic E-state index is -1.08. The first-order chi connectivity index (χ1) is 16.2. The van der Waals surface area contributed by atoms with Crippen LogP contribution in [0.25, 0.3) is 32.7 Å². The summed E-state index contributed by atoms with van der Waals surface area (Å²) in [6.07, 6.45) is 6.03. The van der Waals surface area contributed by atoms with Crippen molar-refractivity contribution in [2.24, 2.45) is 0 Å². The summed E-state index contributed by atoms with van der Waals surface area (Å²) in [5.41, 5.74) is 5.09. The maximum Gasteiger partial charge on any atom is 0.205 e. The van der Waals surface area contributed by atoms with Crippen molar-refractivity contribution < 1.29 is 9.63 Å². The van der Waals surface area contributed by atoms with Gasteiger partial charge in [0.15, 0.2) is 0 Å². The smallest absolute Gasteiger partial charge is 0.205 e. The van der Waals surface area contributed by atoms with Crippen molar-refractivity contribution in [2.75, 3.05) is 13.1 Å². The van der Waals surface area contributed by atoms with Crippen molar-refractivity contribution in [3.63, 3.8) is 0 Å². The van der Waals surface area contributed by atoms with E-state index >= 15 is 0 Å². The normalized spacial score (nSPS) is 13.7. The molecule has 4 aromatic carbocycles. The zero-order valence-corrected chi connectivity index (χ0v) is 19.7. The molecule has 1 atom stereocenters. The first-order valence-corrected chi connectivity index (χ1v) is 12.5. The molecule has 0 spiro atoms. The Kier molecular flexibility index (Phi) is 6.03. The lowest BCUT2D eigenvalue weighted by Gasteiger charge is -2.29. The van der Waals surface area contributed by atoms with Crippen LogP contribution in [0, 0.1) is 0 Å². The third-order valence-corrected chi connectivity index (χ3v) is 8.15. The second-order valence-corrected chi connectivity index (χ2v) is 9.68. The Morgan fingerprint density at radius 2 is 1.45 bits per heavy atom. The van der Waals surface area contributed by atoms with E-state index in [-0.39, 0.29) is 5.75 Å². The topological polar surface area (TPSA) is 32.7 Å². The molecule has 0 saturated heterocycles. The third kappa shape index (κ3) is 3.96. The van der Waals surface area contributed by atoms with E-state index in [1.807, 2.05) is 48.6 Å². The second-order valence-electron chi connectivity index (χ2n) is 7.90. The molecule has 1 aliphatic carbocycles. The van der Waals surface area contributed by atoms with Crippen molar-refractivity contribution in [1.29, 1.82) is 0 Å². The molecule has 1 N–H and O–H groups in total. The summed E-state index contributed by atoms with van der Waals surface area (Å²) < 4.78 is 9.19. The molecule has 0 heterocycles. The summed E-state index contributed by atoms with van der Waals surface area (Å²) in [6, 6.07) is 24.3. The van der Waals surface area contributed by atoms with Gasteiger partial charge in [-0.25, -0.2) is 4.67 Å². The third-order valence-electron chi connectivity index (χ3n) is 6.01. The van der Waals surface area contributed by atoms with Crippen molar-refractivity contribution in [1.82, 2.24) is 4.67 Å². The number of allylic oxidation sites excluding steroid dienone is 3. The fraction of sp³-hybridized carbons (Fsp3) is 0.138. The monoisotopic (exact) mass is 451 g/mol. The summed E-state index contributed by atoms with van der Waals surface area (Å²) in [6.45, 7) is 6.07. The maximum absolute atomic E-state index is 11.1. The van der Waals surface area contributed by atoms with Crippen molar-refractivity contribution in [2.45, 2.75) is 13.8 Å². The summed E-state index contributed by atoms with van der Waals surface area (Å²) in [5.74, 6) is 1.02. The van der Waals surface area contributed by atoms with E-state index < -0.39 is 8.30 Å². The molecular weight excluding hydrogens is 425 g/mol. The average molecular weight is 452 g/mol. The van der Waals surface area contributed by atoms with Gasteiger partial charge in [-0.2, -0.15) is 0 Å². The zero-order valence-electron chi connectivity index (χ0n) is 18.8. The molecule has 33 heavy (non-hydrogen) atoms. The lowest BCUT2D eigenvalue weighted by molar-refractivity contribution is 0.452. The molecule has 4 heteroatoms. The van der Waals surface area contributed by atoms with Crippen molar-refractivity contribution in [3.8, 4) is 22.6 Å². The molecule has 0 fully saturated rings. The van der Waals surface area contributed by atoms with E-state index in [0.29, 0.717) is 0 Å². The van der Waals surface area contributed by atoms with Gasteiger partial charge in [0.05, 0.1) is 5.31 Å². The number of phenolic OH excluding ortho intramolecular Hbond substituents is 1. The van der Waals surface area contributed by atoms with Gasteiger partial charge >= 0.3 is 0 Å². The van der Waals surface area contributed by atoms with Crippen LogP contribution in [0.5, 0.6) is 11.5 Å². The quantitative estimate of drug-likeness (QED) is 0.228. The van der Waals surface area contributed by atoms with Gasteiger partial charge in [-0.1, -0.05) is 80.6 Å². The Bertz CT molecular complexity index is 1430. The lowest BCUT2D eigenvalue weighted by atomic mass is 9.92. The summed E-state index contributed by atoms with van der Waals surface area (Å²) >= 11 is 0. The van der Waals surface area contributed by atoms with E-state index in [4.69, 9.17) is 4.52 Å². The van der Waals surface area contributed by atoms with Crippen LogP contribution in [0.4, 0.5) is 0 Å². The Labute approximate surface area is 195 Å². The molecule has 164 valence electrons. The van der Waals surface area contributed by atoms with Gasteiger partial charge in [0.25, 0.3) is 0 Å². The van der Waals surface area contributed by atoms with Crippen LogP contribution in [-0.2, 0) is 0 Å². The number of rotatable bonds is 7. The molecule has 4 aromatic rings. The minimum absolute atomic E-state index is 0.252. The number of benzene rings is 4. The zero-order chi connectivity index (χ0) is 22.8. The van der Waals surface area contributed by atoms with E-state index in [1.54, 1.807) is 6.07 Å². The van der Waals surface area contributed by atoms with E-state index in [0.717, 1.165) is 56.8 Å². The highest BCUT2D eigenvalue weighted by atomic mass is 31.2. The number of phenols is 1. The van der Waals surface area contributed by atoms with Gasteiger partial charge in [0.2, 0.25) is 8.30 Å². The Morgan fingerprint density at radius 3 is 2.09 bits per heavy atom. The fourth-order valence-electron chi connectivity index (χ4n) is 4.38. The summed E-state index contributed by atoms with van der Waals surface area (Å²) in [5, 5.41) is 16.4. The highest BCUT2D eigenvalue weighted by molar-refractivity contribution is 7.55.